The van der Waals surface area contributed by atoms with Gasteiger partial charge in [0.25, 0.3) is 0 Å². The first-order valence-corrected chi connectivity index (χ1v) is 8.61. The second kappa shape index (κ2) is 9.14. The highest BCUT2D eigenvalue weighted by molar-refractivity contribution is 6.33. The molecular formula is C18H27ClFNO. The van der Waals surface area contributed by atoms with Gasteiger partial charge in [-0.05, 0) is 43.9 Å². The lowest BCUT2D eigenvalue weighted by Gasteiger charge is -2.33. The van der Waals surface area contributed by atoms with Crippen LogP contribution in [0, 0.1) is 12.7 Å². The summed E-state index contributed by atoms with van der Waals surface area (Å²) in [7, 11) is 0. The summed E-state index contributed by atoms with van der Waals surface area (Å²) in [5, 5.41) is 0.310. The lowest BCUT2D eigenvalue weighted by atomic mass is 10.0. The third-order valence-electron chi connectivity index (χ3n) is 3.83. The molecule has 1 amide bonds. The van der Waals surface area contributed by atoms with Gasteiger partial charge in [-0.2, -0.15) is 0 Å². The quantitative estimate of drug-likeness (QED) is 0.583. The van der Waals surface area contributed by atoms with Crippen LogP contribution in [0.15, 0.2) is 12.1 Å². The molecule has 124 valence electrons. The number of hydrogen-bond donors (Lipinski definition) is 0. The van der Waals surface area contributed by atoms with E-state index in [0.717, 1.165) is 32.1 Å². The monoisotopic (exact) mass is 327 g/mol. The van der Waals surface area contributed by atoms with Crippen LogP contribution in [-0.2, 0) is 4.79 Å². The molecule has 0 aliphatic rings. The summed E-state index contributed by atoms with van der Waals surface area (Å²) in [6.45, 7) is 7.92. The van der Waals surface area contributed by atoms with E-state index < -0.39 is 0 Å². The fourth-order valence-electron chi connectivity index (χ4n) is 2.76. The number of carbonyl (C=O) groups excluding carboxylic acids is 1. The largest absolute Gasteiger partial charge is 0.308 e. The fraction of sp³-hybridized carbons (Fsp3) is 0.611. The van der Waals surface area contributed by atoms with E-state index >= 15 is 0 Å². The maximum Gasteiger partial charge on any atom is 0.227 e. The lowest BCUT2D eigenvalue weighted by Crippen LogP contribution is -2.40. The minimum atomic E-state index is -0.334. The average molecular weight is 328 g/mol. The molecule has 22 heavy (non-hydrogen) atoms. The Labute approximate surface area is 138 Å². The summed E-state index contributed by atoms with van der Waals surface area (Å²) in [4.78, 5) is 14.5. The molecule has 2 nitrogen and oxygen atoms in total. The van der Waals surface area contributed by atoms with Gasteiger partial charge in [0, 0.05) is 12.5 Å². The van der Waals surface area contributed by atoms with Gasteiger partial charge in [0.2, 0.25) is 5.91 Å². The minimum Gasteiger partial charge on any atom is -0.308 e. The van der Waals surface area contributed by atoms with Gasteiger partial charge in [-0.1, -0.05) is 45.2 Å². The van der Waals surface area contributed by atoms with Crippen LogP contribution in [0.4, 0.5) is 10.1 Å². The highest BCUT2D eigenvalue weighted by Crippen LogP contribution is 2.33. The predicted molar refractivity (Wildman–Crippen MR) is 92.1 cm³/mol. The van der Waals surface area contributed by atoms with Crippen molar-refractivity contribution < 1.29 is 9.18 Å². The van der Waals surface area contributed by atoms with E-state index in [2.05, 4.69) is 13.8 Å². The SMILES string of the molecule is CCCC(=O)N(c1cc(C)c(F)cc1Cl)C(CCC)CCC. The molecule has 1 aromatic carbocycles. The highest BCUT2D eigenvalue weighted by Gasteiger charge is 2.26. The number of rotatable bonds is 8. The van der Waals surface area contributed by atoms with Crippen molar-refractivity contribution in [3.05, 3.63) is 28.5 Å². The smallest absolute Gasteiger partial charge is 0.227 e. The van der Waals surface area contributed by atoms with Crippen molar-refractivity contribution in [3.8, 4) is 0 Å². The molecule has 0 atom stereocenters. The molecular weight excluding hydrogens is 301 g/mol. The molecule has 0 aliphatic carbocycles. The molecule has 0 radical (unpaired) electrons. The fourth-order valence-corrected chi connectivity index (χ4v) is 3.01. The van der Waals surface area contributed by atoms with Crippen LogP contribution in [0.25, 0.3) is 0 Å². The summed E-state index contributed by atoms with van der Waals surface area (Å²) in [6, 6.07) is 3.13. The molecule has 0 aliphatic heterocycles. The minimum absolute atomic E-state index is 0.0716. The topological polar surface area (TPSA) is 20.3 Å². The van der Waals surface area contributed by atoms with Crippen LogP contribution < -0.4 is 4.90 Å². The van der Waals surface area contributed by atoms with Crippen LogP contribution in [-0.4, -0.2) is 11.9 Å². The van der Waals surface area contributed by atoms with Gasteiger partial charge in [0.1, 0.15) is 5.82 Å². The van der Waals surface area contributed by atoms with Crippen molar-refractivity contribution in [1.29, 1.82) is 0 Å². The number of anilines is 1. The molecule has 0 aromatic heterocycles. The van der Waals surface area contributed by atoms with Crippen LogP contribution in [0.3, 0.4) is 0 Å². The summed E-state index contributed by atoms with van der Waals surface area (Å²) < 4.78 is 13.7. The first kappa shape index (κ1) is 19.0. The Balaban J connectivity index is 3.30. The number of amides is 1. The van der Waals surface area contributed by atoms with Crippen LogP contribution in [0.5, 0.6) is 0 Å². The van der Waals surface area contributed by atoms with E-state index in [4.69, 9.17) is 11.6 Å². The zero-order chi connectivity index (χ0) is 16.7. The van der Waals surface area contributed by atoms with Crippen molar-refractivity contribution >= 4 is 23.2 Å². The highest BCUT2D eigenvalue weighted by atomic mass is 35.5. The van der Waals surface area contributed by atoms with Crippen molar-refractivity contribution in [1.82, 2.24) is 0 Å². The van der Waals surface area contributed by atoms with Crippen molar-refractivity contribution in [3.63, 3.8) is 0 Å². The van der Waals surface area contributed by atoms with Crippen molar-refractivity contribution in [2.24, 2.45) is 0 Å². The molecule has 0 unspecified atom stereocenters. The standard InChI is InChI=1S/C18H27ClFNO/c1-5-8-14(9-6-2)21(18(22)10-7-3)17-11-13(4)16(20)12-15(17)19/h11-12,14H,5-10H2,1-4H3. The van der Waals surface area contributed by atoms with Gasteiger partial charge in [0.15, 0.2) is 0 Å². The predicted octanol–water partition coefficient (Wildman–Crippen LogP) is 5.89. The third-order valence-corrected chi connectivity index (χ3v) is 4.13. The molecule has 0 N–H and O–H groups in total. The zero-order valence-corrected chi connectivity index (χ0v) is 14.8. The Bertz CT molecular complexity index is 498. The van der Waals surface area contributed by atoms with E-state index in [0.29, 0.717) is 22.7 Å². The van der Waals surface area contributed by atoms with Crippen molar-refractivity contribution in [2.45, 2.75) is 72.3 Å². The Morgan fingerprint density at radius 2 is 1.77 bits per heavy atom. The Hall–Kier alpha value is -1.09. The molecule has 0 spiro atoms. The number of hydrogen-bond acceptors (Lipinski definition) is 1. The van der Waals surface area contributed by atoms with E-state index in [-0.39, 0.29) is 17.8 Å². The Morgan fingerprint density at radius 3 is 2.27 bits per heavy atom. The molecule has 1 aromatic rings. The second-order valence-electron chi connectivity index (χ2n) is 5.80. The zero-order valence-electron chi connectivity index (χ0n) is 14.1. The molecule has 1 rings (SSSR count). The summed E-state index contributed by atoms with van der Waals surface area (Å²) in [6.07, 6.45) is 5.12. The average Bonchev–Trinajstić information content (AvgIpc) is 2.45. The van der Waals surface area contributed by atoms with E-state index in [1.54, 1.807) is 13.0 Å². The van der Waals surface area contributed by atoms with Gasteiger partial charge < -0.3 is 4.90 Å². The molecule has 0 saturated carbocycles. The van der Waals surface area contributed by atoms with Gasteiger partial charge in [-0.25, -0.2) is 4.39 Å². The van der Waals surface area contributed by atoms with E-state index in [1.807, 2.05) is 11.8 Å². The van der Waals surface area contributed by atoms with Gasteiger partial charge >= 0.3 is 0 Å². The molecule has 0 bridgehead atoms. The van der Waals surface area contributed by atoms with Crippen molar-refractivity contribution in [2.75, 3.05) is 4.90 Å². The lowest BCUT2D eigenvalue weighted by molar-refractivity contribution is -0.119. The van der Waals surface area contributed by atoms with Crippen LogP contribution in [0.2, 0.25) is 5.02 Å². The third kappa shape index (κ3) is 4.70. The molecule has 0 fully saturated rings. The molecule has 0 saturated heterocycles. The number of carbonyl (C=O) groups is 1. The van der Waals surface area contributed by atoms with Gasteiger partial charge in [-0.3, -0.25) is 4.79 Å². The first-order valence-electron chi connectivity index (χ1n) is 8.23. The first-order chi connectivity index (χ1) is 10.5. The molecule has 4 heteroatoms. The van der Waals surface area contributed by atoms with Gasteiger partial charge in [0.05, 0.1) is 10.7 Å². The van der Waals surface area contributed by atoms with Crippen LogP contribution in [0.1, 0.15) is 64.9 Å². The maximum atomic E-state index is 13.7. The number of benzene rings is 1. The summed E-state index contributed by atoms with van der Waals surface area (Å²) >= 11 is 6.25. The van der Waals surface area contributed by atoms with Gasteiger partial charge in [-0.15, -0.1) is 0 Å². The van der Waals surface area contributed by atoms with E-state index in [9.17, 15) is 9.18 Å². The van der Waals surface area contributed by atoms with E-state index in [1.165, 1.54) is 6.07 Å². The number of aryl methyl sites for hydroxylation is 1. The summed E-state index contributed by atoms with van der Waals surface area (Å²) in [5.41, 5.74) is 1.16. The second-order valence-corrected chi connectivity index (χ2v) is 6.20. The number of nitrogens with zero attached hydrogens (tertiary/aromatic N) is 1. The van der Waals surface area contributed by atoms with Crippen LogP contribution >= 0.6 is 11.6 Å². The maximum absolute atomic E-state index is 13.7. The normalized spacial score (nSPS) is 11.0. The summed E-state index contributed by atoms with van der Waals surface area (Å²) in [5.74, 6) is -0.263. The number of halogens is 2. The Morgan fingerprint density at radius 1 is 1.18 bits per heavy atom. The molecule has 0 heterocycles. The Kier molecular flexibility index (Phi) is 7.88.